The van der Waals surface area contributed by atoms with E-state index in [1.54, 1.807) is 0 Å². The molecule has 3 aromatic heterocycles. The van der Waals surface area contributed by atoms with Gasteiger partial charge in [0, 0.05) is 68.0 Å². The third-order valence-electron chi connectivity index (χ3n) is 11.8. The molecule has 58 heavy (non-hydrogen) atoms. The Hall–Kier alpha value is -6.85. The van der Waals surface area contributed by atoms with Gasteiger partial charge in [0.25, 0.3) is 0 Å². The smallest absolute Gasteiger partial charge is 0.0719 e. The highest BCUT2D eigenvalue weighted by molar-refractivity contribution is 8.34. The van der Waals surface area contributed by atoms with Crippen molar-refractivity contribution in [3.63, 3.8) is 0 Å². The van der Waals surface area contributed by atoms with Gasteiger partial charge in [-0.2, -0.15) is 0 Å². The number of benzene rings is 9. The molecule has 0 unspecified atom stereocenters. The first-order chi connectivity index (χ1) is 28.8. The molecule has 0 amide bonds. The normalized spacial score (nSPS) is 12.4. The summed E-state index contributed by atoms with van der Waals surface area (Å²) in [6, 6.07) is 81.1. The van der Waals surface area contributed by atoms with Crippen LogP contribution in [0.1, 0.15) is 0 Å². The minimum atomic E-state index is -1.98. The number of aromatic nitrogens is 2. The van der Waals surface area contributed by atoms with E-state index in [-0.39, 0.29) is 0 Å². The summed E-state index contributed by atoms with van der Waals surface area (Å²) in [4.78, 5) is 5.19. The average molecular weight is 777 g/mol. The van der Waals surface area contributed by atoms with E-state index < -0.39 is 10.0 Å². The van der Waals surface area contributed by atoms with Crippen LogP contribution in [0.15, 0.2) is 238 Å². The summed E-state index contributed by atoms with van der Waals surface area (Å²) in [6.07, 6.45) is 0. The van der Waals surface area contributed by atoms with Gasteiger partial charge in [0.2, 0.25) is 0 Å². The molecule has 0 aliphatic heterocycles. The van der Waals surface area contributed by atoms with Crippen LogP contribution >= 0.6 is 21.4 Å². The molecular formula is C54H36N2S2. The van der Waals surface area contributed by atoms with E-state index in [0.717, 1.165) is 5.69 Å². The molecule has 0 saturated heterocycles. The van der Waals surface area contributed by atoms with Gasteiger partial charge in [-0.3, -0.25) is 0 Å². The van der Waals surface area contributed by atoms with E-state index in [1.807, 2.05) is 11.3 Å². The van der Waals surface area contributed by atoms with Crippen molar-refractivity contribution in [1.82, 2.24) is 9.13 Å². The largest absolute Gasteiger partial charge is 0.309 e. The van der Waals surface area contributed by atoms with E-state index in [1.165, 1.54) is 89.1 Å². The lowest BCUT2D eigenvalue weighted by atomic mass is 10.1. The van der Waals surface area contributed by atoms with Crippen molar-refractivity contribution in [3.05, 3.63) is 218 Å². The monoisotopic (exact) mass is 776 g/mol. The molecule has 0 radical (unpaired) electrons. The molecule has 0 aliphatic carbocycles. The topological polar surface area (TPSA) is 9.86 Å². The zero-order chi connectivity index (χ0) is 38.2. The van der Waals surface area contributed by atoms with Crippen molar-refractivity contribution in [2.24, 2.45) is 0 Å². The van der Waals surface area contributed by atoms with E-state index in [2.05, 4.69) is 228 Å². The third kappa shape index (κ3) is 4.80. The fourth-order valence-electron chi connectivity index (χ4n) is 9.38. The molecule has 0 N–H and O–H groups in total. The zero-order valence-electron chi connectivity index (χ0n) is 31.5. The first kappa shape index (κ1) is 33.3. The third-order valence-corrected chi connectivity index (χ3v) is 16.9. The SMILES string of the molecule is c1ccc(S(c2ccccc2)(c2ccc(-n3c4ccccc4c4ccccc43)cc2)c2cccc(-n3c4ccccc4c4ccc5c6ccccc6sc5c43)c2)cc1. The van der Waals surface area contributed by atoms with Gasteiger partial charge in [0.15, 0.2) is 0 Å². The van der Waals surface area contributed by atoms with Crippen LogP contribution in [0.2, 0.25) is 0 Å². The highest BCUT2D eigenvalue weighted by Crippen LogP contribution is 2.73. The van der Waals surface area contributed by atoms with E-state index in [4.69, 9.17) is 0 Å². The van der Waals surface area contributed by atoms with E-state index in [9.17, 15) is 0 Å². The van der Waals surface area contributed by atoms with Gasteiger partial charge >= 0.3 is 0 Å². The molecule has 9 aromatic carbocycles. The van der Waals surface area contributed by atoms with Gasteiger partial charge in [-0.05, 0) is 91.0 Å². The molecule has 2 nitrogen and oxygen atoms in total. The lowest BCUT2D eigenvalue weighted by Crippen LogP contribution is -2.06. The summed E-state index contributed by atoms with van der Waals surface area (Å²) in [5.41, 5.74) is 7.24. The molecule has 0 bridgehead atoms. The number of hydrogen-bond acceptors (Lipinski definition) is 1. The average Bonchev–Trinajstić information content (AvgIpc) is 3.96. The van der Waals surface area contributed by atoms with Crippen LogP contribution in [0.5, 0.6) is 0 Å². The summed E-state index contributed by atoms with van der Waals surface area (Å²) < 4.78 is 7.58. The molecule has 12 aromatic rings. The maximum absolute atomic E-state index is 2.53. The molecule has 3 heterocycles. The minimum Gasteiger partial charge on any atom is -0.309 e. The van der Waals surface area contributed by atoms with Crippen LogP contribution in [0.4, 0.5) is 0 Å². The number of nitrogens with zero attached hydrogens (tertiary/aromatic N) is 2. The van der Waals surface area contributed by atoms with Gasteiger partial charge in [-0.1, -0.05) is 127 Å². The molecule has 12 rings (SSSR count). The number of thiophene rings is 1. The van der Waals surface area contributed by atoms with E-state index >= 15 is 0 Å². The molecule has 274 valence electrons. The highest BCUT2D eigenvalue weighted by atomic mass is 32.3. The second-order valence-corrected chi connectivity index (χ2v) is 19.1. The molecule has 0 fully saturated rings. The van der Waals surface area contributed by atoms with Crippen LogP contribution in [-0.4, -0.2) is 9.13 Å². The Morgan fingerprint density at radius 3 is 1.43 bits per heavy atom. The zero-order valence-corrected chi connectivity index (χ0v) is 33.1. The Morgan fingerprint density at radius 1 is 0.310 bits per heavy atom. The van der Waals surface area contributed by atoms with Crippen molar-refractivity contribution in [2.75, 3.05) is 0 Å². The van der Waals surface area contributed by atoms with Crippen LogP contribution < -0.4 is 0 Å². The van der Waals surface area contributed by atoms with Gasteiger partial charge < -0.3 is 9.13 Å². The summed E-state index contributed by atoms with van der Waals surface area (Å²) in [5, 5.41) is 7.72. The number of fused-ring (bicyclic) bond motifs is 10. The molecule has 0 spiro atoms. The molecule has 0 saturated carbocycles. The maximum Gasteiger partial charge on any atom is 0.0719 e. The Kier molecular flexibility index (Phi) is 7.52. The van der Waals surface area contributed by atoms with Crippen LogP contribution in [0.25, 0.3) is 75.2 Å². The predicted octanol–water partition coefficient (Wildman–Crippen LogP) is 15.6. The Morgan fingerprint density at radius 2 is 0.793 bits per heavy atom. The van der Waals surface area contributed by atoms with Crippen molar-refractivity contribution >= 4 is 85.1 Å². The second-order valence-electron chi connectivity index (χ2n) is 14.9. The minimum absolute atomic E-state index is 1.15. The summed E-state index contributed by atoms with van der Waals surface area (Å²) in [7, 11) is -1.98. The van der Waals surface area contributed by atoms with Gasteiger partial charge in [-0.15, -0.1) is 21.4 Å². The highest BCUT2D eigenvalue weighted by Gasteiger charge is 2.34. The Bertz CT molecular complexity index is 3410. The van der Waals surface area contributed by atoms with Crippen molar-refractivity contribution in [3.8, 4) is 11.4 Å². The molecule has 4 heteroatoms. The fraction of sp³-hybridized carbons (Fsp3) is 0. The molecular weight excluding hydrogens is 741 g/mol. The summed E-state index contributed by atoms with van der Waals surface area (Å²) in [6.45, 7) is 0. The van der Waals surface area contributed by atoms with Gasteiger partial charge in [0.05, 0.1) is 26.8 Å². The van der Waals surface area contributed by atoms with Crippen LogP contribution in [0, 0.1) is 0 Å². The van der Waals surface area contributed by atoms with Crippen molar-refractivity contribution in [1.29, 1.82) is 0 Å². The van der Waals surface area contributed by atoms with Crippen molar-refractivity contribution in [2.45, 2.75) is 19.6 Å². The molecule has 0 atom stereocenters. The quantitative estimate of drug-likeness (QED) is 0.159. The standard InChI is InChI=1S/C54H36N2S2/c1-3-17-39(18-4-1)58(40-19-5-2-6-20-40,41-32-30-37(31-33-41)55-49-26-11-7-22-43(49)44-23-8-12-27-50(44)55)42-21-15-16-38(36-42)56-51-28-13-9-24-45(51)47-34-35-48-46-25-10-14-29-52(46)57-54(48)53(47)56/h1-36H. The lowest BCUT2D eigenvalue weighted by Gasteiger charge is -2.42. The van der Waals surface area contributed by atoms with Gasteiger partial charge in [-0.25, -0.2) is 0 Å². The predicted molar refractivity (Wildman–Crippen MR) is 248 cm³/mol. The summed E-state index contributed by atoms with van der Waals surface area (Å²) in [5.74, 6) is 0. The number of para-hydroxylation sites is 3. The van der Waals surface area contributed by atoms with Gasteiger partial charge in [0.1, 0.15) is 0 Å². The Labute approximate surface area is 341 Å². The first-order valence-corrected chi connectivity index (χ1v) is 22.2. The fourth-order valence-corrected chi connectivity index (χ4v) is 14.5. The lowest BCUT2D eigenvalue weighted by molar-refractivity contribution is 1.15. The second kappa shape index (κ2) is 13.1. The van der Waals surface area contributed by atoms with Crippen LogP contribution in [-0.2, 0) is 0 Å². The maximum atomic E-state index is 2.53. The first-order valence-electron chi connectivity index (χ1n) is 19.8. The number of rotatable bonds is 6. The van der Waals surface area contributed by atoms with E-state index in [0.29, 0.717) is 0 Å². The van der Waals surface area contributed by atoms with Crippen molar-refractivity contribution < 1.29 is 0 Å². The summed E-state index contributed by atoms with van der Waals surface area (Å²) >= 11 is 1.90. The number of hydrogen-bond donors (Lipinski definition) is 0. The molecule has 0 aliphatic rings. The Balaban J connectivity index is 1.13. The van der Waals surface area contributed by atoms with Crippen LogP contribution in [0.3, 0.4) is 0 Å².